The first kappa shape index (κ1) is 19.2. The second-order valence-corrected chi connectivity index (χ2v) is 7.81. The van der Waals surface area contributed by atoms with E-state index in [0.29, 0.717) is 28.7 Å². The van der Waals surface area contributed by atoms with E-state index in [1.165, 1.54) is 0 Å². The number of nitrogens with zero attached hydrogens (tertiary/aromatic N) is 4. The molecule has 148 valence electrons. The van der Waals surface area contributed by atoms with E-state index in [9.17, 15) is 4.79 Å². The highest BCUT2D eigenvalue weighted by Crippen LogP contribution is 2.24. The summed E-state index contributed by atoms with van der Waals surface area (Å²) in [5, 5.41) is 3.34. The summed E-state index contributed by atoms with van der Waals surface area (Å²) < 4.78 is 4.23. The number of imidazole rings is 2. The number of fused-ring (bicyclic) bond motifs is 1. The summed E-state index contributed by atoms with van der Waals surface area (Å²) in [7, 11) is 0. The summed E-state index contributed by atoms with van der Waals surface area (Å²) in [6.45, 7) is 5.88. The minimum atomic E-state index is -0.241. The molecule has 6 nitrogen and oxygen atoms in total. The van der Waals surface area contributed by atoms with Crippen molar-refractivity contribution in [1.82, 2.24) is 19.1 Å². The minimum Gasteiger partial charge on any atom is -0.330 e. The van der Waals surface area contributed by atoms with Crippen LogP contribution < -0.4 is 5.32 Å². The van der Waals surface area contributed by atoms with Crippen LogP contribution in [0, 0.1) is 5.92 Å². The van der Waals surface area contributed by atoms with Crippen LogP contribution in [0.25, 0.3) is 11.0 Å². The van der Waals surface area contributed by atoms with Crippen molar-refractivity contribution in [2.45, 2.75) is 26.9 Å². The van der Waals surface area contributed by atoms with Crippen molar-refractivity contribution in [3.05, 3.63) is 77.6 Å². The van der Waals surface area contributed by atoms with Gasteiger partial charge in [-0.15, -0.1) is 0 Å². The number of rotatable bonds is 6. The van der Waals surface area contributed by atoms with Gasteiger partial charge in [-0.05, 0) is 36.2 Å². The number of anilines is 1. The SMILES string of the molecule is CC(C)Cn1c(Cn2ccnc2)nc2cc(NC(=O)c3ccccc3Cl)ccc21. The minimum absolute atomic E-state index is 0.241. The molecule has 0 aliphatic heterocycles. The molecule has 0 fully saturated rings. The molecule has 2 aromatic heterocycles. The number of hydrogen-bond donors (Lipinski definition) is 1. The first-order chi connectivity index (χ1) is 14.0. The lowest BCUT2D eigenvalue weighted by Crippen LogP contribution is -2.12. The molecule has 0 aliphatic carbocycles. The monoisotopic (exact) mass is 407 g/mol. The van der Waals surface area contributed by atoms with Gasteiger partial charge in [0.2, 0.25) is 0 Å². The van der Waals surface area contributed by atoms with E-state index in [0.717, 1.165) is 23.4 Å². The highest BCUT2D eigenvalue weighted by atomic mass is 35.5. The smallest absolute Gasteiger partial charge is 0.257 e. The topological polar surface area (TPSA) is 64.7 Å². The molecule has 4 rings (SSSR count). The average Bonchev–Trinajstić information content (AvgIpc) is 3.30. The molecule has 0 bridgehead atoms. The number of hydrogen-bond acceptors (Lipinski definition) is 3. The lowest BCUT2D eigenvalue weighted by Gasteiger charge is -2.12. The van der Waals surface area contributed by atoms with Gasteiger partial charge in [-0.25, -0.2) is 9.97 Å². The maximum absolute atomic E-state index is 12.6. The molecule has 0 radical (unpaired) electrons. The number of amides is 1. The molecule has 7 heteroatoms. The summed E-state index contributed by atoms with van der Waals surface area (Å²) in [6.07, 6.45) is 5.47. The summed E-state index contributed by atoms with van der Waals surface area (Å²) in [5.41, 5.74) is 3.02. The van der Waals surface area contributed by atoms with Gasteiger partial charge in [0.25, 0.3) is 5.91 Å². The van der Waals surface area contributed by atoms with Gasteiger partial charge in [0.15, 0.2) is 0 Å². The van der Waals surface area contributed by atoms with Crippen LogP contribution >= 0.6 is 11.6 Å². The molecule has 2 aromatic carbocycles. The van der Waals surface area contributed by atoms with Gasteiger partial charge in [0.05, 0.1) is 34.5 Å². The van der Waals surface area contributed by atoms with Gasteiger partial charge >= 0.3 is 0 Å². The summed E-state index contributed by atoms with van der Waals surface area (Å²) in [6, 6.07) is 12.8. The largest absolute Gasteiger partial charge is 0.330 e. The van der Waals surface area contributed by atoms with Gasteiger partial charge in [0.1, 0.15) is 5.82 Å². The van der Waals surface area contributed by atoms with Crippen molar-refractivity contribution in [3.63, 3.8) is 0 Å². The molecule has 1 N–H and O–H groups in total. The molecular formula is C22H22ClN5O. The molecule has 0 spiro atoms. The first-order valence-electron chi connectivity index (χ1n) is 9.52. The fourth-order valence-corrected chi connectivity index (χ4v) is 3.56. The number of halogens is 1. The summed E-state index contributed by atoms with van der Waals surface area (Å²) in [4.78, 5) is 21.5. The molecule has 0 atom stereocenters. The Morgan fingerprint density at radius 2 is 2.03 bits per heavy atom. The number of nitrogens with one attached hydrogen (secondary N) is 1. The number of carbonyl (C=O) groups excluding carboxylic acids is 1. The predicted molar refractivity (Wildman–Crippen MR) is 115 cm³/mol. The van der Waals surface area contributed by atoms with E-state index >= 15 is 0 Å². The predicted octanol–water partition coefficient (Wildman–Crippen LogP) is 4.84. The molecule has 4 aromatic rings. The van der Waals surface area contributed by atoms with E-state index in [4.69, 9.17) is 16.6 Å². The van der Waals surface area contributed by atoms with E-state index in [-0.39, 0.29) is 5.91 Å². The van der Waals surface area contributed by atoms with Crippen LogP contribution in [0.15, 0.2) is 61.2 Å². The van der Waals surface area contributed by atoms with Crippen molar-refractivity contribution in [1.29, 1.82) is 0 Å². The van der Waals surface area contributed by atoms with Crippen molar-refractivity contribution in [2.24, 2.45) is 5.92 Å². The van der Waals surface area contributed by atoms with Crippen LogP contribution in [-0.2, 0) is 13.1 Å². The van der Waals surface area contributed by atoms with E-state index < -0.39 is 0 Å². The zero-order valence-electron chi connectivity index (χ0n) is 16.3. The van der Waals surface area contributed by atoms with E-state index in [2.05, 4.69) is 28.7 Å². The second kappa shape index (κ2) is 8.09. The molecule has 0 saturated carbocycles. The average molecular weight is 408 g/mol. The Morgan fingerprint density at radius 3 is 2.76 bits per heavy atom. The van der Waals surface area contributed by atoms with Gasteiger partial charge in [0, 0.05) is 24.6 Å². The maximum Gasteiger partial charge on any atom is 0.257 e. The number of aromatic nitrogens is 4. The fraction of sp³-hybridized carbons (Fsp3) is 0.227. The van der Waals surface area contributed by atoms with Crippen LogP contribution in [-0.4, -0.2) is 25.0 Å². The summed E-state index contributed by atoms with van der Waals surface area (Å²) in [5.74, 6) is 1.20. The van der Waals surface area contributed by atoms with Gasteiger partial charge in [-0.1, -0.05) is 37.6 Å². The number of benzene rings is 2. The van der Waals surface area contributed by atoms with Gasteiger partial charge < -0.3 is 14.5 Å². The van der Waals surface area contributed by atoms with Crippen LogP contribution in [0.2, 0.25) is 5.02 Å². The second-order valence-electron chi connectivity index (χ2n) is 7.40. The fourth-order valence-electron chi connectivity index (χ4n) is 3.33. The lowest BCUT2D eigenvalue weighted by atomic mass is 10.2. The third kappa shape index (κ3) is 4.17. The molecular weight excluding hydrogens is 386 g/mol. The Bertz CT molecular complexity index is 1150. The van der Waals surface area contributed by atoms with Crippen LogP contribution in [0.5, 0.6) is 0 Å². The third-order valence-corrected chi connectivity index (χ3v) is 4.96. The highest BCUT2D eigenvalue weighted by Gasteiger charge is 2.15. The first-order valence-corrected chi connectivity index (χ1v) is 9.90. The van der Waals surface area contributed by atoms with Crippen molar-refractivity contribution >= 4 is 34.2 Å². The Morgan fingerprint density at radius 1 is 1.21 bits per heavy atom. The summed E-state index contributed by atoms with van der Waals surface area (Å²) >= 11 is 6.14. The highest BCUT2D eigenvalue weighted by molar-refractivity contribution is 6.34. The Hall–Kier alpha value is -3.12. The molecule has 0 saturated heterocycles. The van der Waals surface area contributed by atoms with Crippen LogP contribution in [0.1, 0.15) is 30.0 Å². The molecule has 29 heavy (non-hydrogen) atoms. The third-order valence-electron chi connectivity index (χ3n) is 4.63. The van der Waals surface area contributed by atoms with Crippen molar-refractivity contribution in [3.8, 4) is 0 Å². The van der Waals surface area contributed by atoms with Gasteiger partial charge in [-0.3, -0.25) is 4.79 Å². The number of carbonyl (C=O) groups is 1. The quantitative estimate of drug-likeness (QED) is 0.497. The molecule has 1 amide bonds. The zero-order valence-corrected chi connectivity index (χ0v) is 17.1. The zero-order chi connectivity index (χ0) is 20.4. The van der Waals surface area contributed by atoms with Gasteiger partial charge in [-0.2, -0.15) is 0 Å². The van der Waals surface area contributed by atoms with Crippen LogP contribution in [0.4, 0.5) is 5.69 Å². The van der Waals surface area contributed by atoms with E-state index in [1.807, 2.05) is 29.0 Å². The van der Waals surface area contributed by atoms with Crippen molar-refractivity contribution in [2.75, 3.05) is 5.32 Å². The maximum atomic E-state index is 12.6. The van der Waals surface area contributed by atoms with E-state index in [1.54, 1.807) is 36.8 Å². The van der Waals surface area contributed by atoms with Crippen molar-refractivity contribution < 1.29 is 4.79 Å². The normalized spacial score (nSPS) is 11.3. The Balaban J connectivity index is 1.66. The molecule has 2 heterocycles. The molecule has 0 unspecified atom stereocenters. The molecule has 0 aliphatic rings. The Kier molecular flexibility index (Phi) is 5.36. The van der Waals surface area contributed by atoms with Crippen LogP contribution in [0.3, 0.4) is 0 Å². The standard InChI is InChI=1S/C22H22ClN5O/c1-15(2)12-28-20-8-7-16(25-22(29)17-5-3-4-6-18(17)23)11-19(20)26-21(28)13-27-10-9-24-14-27/h3-11,14-15H,12-13H2,1-2H3,(H,25,29). The lowest BCUT2D eigenvalue weighted by molar-refractivity contribution is 0.102. The Labute approximate surface area is 174 Å².